The number of fused-ring (bicyclic) bond motifs is 6. The third-order valence-electron chi connectivity index (χ3n) is 10.3. The van der Waals surface area contributed by atoms with Gasteiger partial charge in [0.05, 0.1) is 34.7 Å². The minimum Gasteiger partial charge on any atom is -0.465 e. The quantitative estimate of drug-likeness (QED) is 0.174. The number of aromatic nitrogens is 3. The molecule has 5 nitrogen and oxygen atoms in total. The molecule has 0 radical (unpaired) electrons. The van der Waals surface area contributed by atoms with Crippen LogP contribution in [0.1, 0.15) is 102 Å². The Hall–Kier alpha value is -5.16. The lowest BCUT2D eigenvalue weighted by molar-refractivity contribution is 0.0600. The number of pyridine rings is 1. The molecule has 0 aliphatic heterocycles. The first-order valence-electron chi connectivity index (χ1n) is 17.8. The molecule has 0 amide bonds. The molecule has 3 aromatic heterocycles. The van der Waals surface area contributed by atoms with Crippen LogP contribution in [0.5, 0.6) is 0 Å². The molecule has 0 saturated heterocycles. The van der Waals surface area contributed by atoms with Gasteiger partial charge >= 0.3 is 5.97 Å². The van der Waals surface area contributed by atoms with Gasteiger partial charge in [-0.2, -0.15) is 0 Å². The molecular weight excluding hydrogens is 627 g/mol. The second-order valence-electron chi connectivity index (χ2n) is 17.2. The van der Waals surface area contributed by atoms with Crippen LogP contribution in [0.2, 0.25) is 0 Å². The van der Waals surface area contributed by atoms with Crippen LogP contribution in [0.4, 0.5) is 0 Å². The third-order valence-corrected chi connectivity index (χ3v) is 10.3. The number of nitrogens with zero attached hydrogens (tertiary/aromatic N) is 3. The van der Waals surface area contributed by atoms with E-state index < -0.39 is 5.97 Å². The number of carbonyl (C=O) groups is 1. The zero-order valence-corrected chi connectivity index (χ0v) is 31.9. The van der Waals surface area contributed by atoms with Crippen LogP contribution >= 0.6 is 0 Å². The van der Waals surface area contributed by atoms with Crippen molar-refractivity contribution in [3.63, 3.8) is 0 Å². The summed E-state index contributed by atoms with van der Waals surface area (Å²) < 4.78 is 9.72. The highest BCUT2D eigenvalue weighted by molar-refractivity contribution is 6.11. The Labute approximate surface area is 301 Å². The number of allylic oxidation sites excluding steroid dienone is 1. The summed E-state index contributed by atoms with van der Waals surface area (Å²) in [5, 5.41) is 4.57. The molecular formula is C46H49N3O2. The number of hydrogen-bond donors (Lipinski definition) is 0. The molecule has 4 aromatic carbocycles. The molecule has 0 saturated carbocycles. The summed E-state index contributed by atoms with van der Waals surface area (Å²) in [4.78, 5) is 18.8. The molecule has 51 heavy (non-hydrogen) atoms. The van der Waals surface area contributed by atoms with E-state index in [1.165, 1.54) is 23.8 Å². The fourth-order valence-corrected chi connectivity index (χ4v) is 7.17. The fourth-order valence-electron chi connectivity index (χ4n) is 7.17. The normalized spacial score (nSPS) is 12.8. The van der Waals surface area contributed by atoms with E-state index in [9.17, 15) is 4.79 Å². The molecule has 260 valence electrons. The highest BCUT2D eigenvalue weighted by atomic mass is 16.5. The van der Waals surface area contributed by atoms with Crippen molar-refractivity contribution in [2.45, 2.75) is 85.5 Å². The van der Waals surface area contributed by atoms with Gasteiger partial charge in [-0.15, -0.1) is 0 Å². The van der Waals surface area contributed by atoms with Crippen LogP contribution in [0.15, 0.2) is 91.5 Å². The Balaban J connectivity index is 1.59. The van der Waals surface area contributed by atoms with Crippen molar-refractivity contribution < 1.29 is 9.53 Å². The predicted molar refractivity (Wildman–Crippen MR) is 215 cm³/mol. The summed E-state index contributed by atoms with van der Waals surface area (Å²) in [6.45, 7) is 26.5. The minimum absolute atomic E-state index is 0.0200. The Morgan fingerprint density at radius 3 is 1.24 bits per heavy atom. The molecule has 0 fully saturated rings. The van der Waals surface area contributed by atoms with E-state index >= 15 is 0 Å². The number of rotatable bonds is 4. The van der Waals surface area contributed by atoms with Gasteiger partial charge in [0.2, 0.25) is 0 Å². The van der Waals surface area contributed by atoms with Crippen LogP contribution in [0, 0.1) is 0 Å². The number of ether oxygens (including phenoxy) is 1. The number of methoxy groups -OCH3 is 1. The molecule has 0 aliphatic rings. The summed E-state index contributed by atoms with van der Waals surface area (Å²) >= 11 is 0. The Morgan fingerprint density at radius 2 is 0.902 bits per heavy atom. The van der Waals surface area contributed by atoms with Crippen LogP contribution in [0.3, 0.4) is 0 Å². The van der Waals surface area contributed by atoms with Crippen LogP contribution in [0.25, 0.3) is 60.8 Å². The zero-order valence-electron chi connectivity index (χ0n) is 31.9. The molecule has 3 heterocycles. The molecule has 5 heteroatoms. The van der Waals surface area contributed by atoms with Crippen LogP contribution < -0.4 is 0 Å². The van der Waals surface area contributed by atoms with Gasteiger partial charge in [-0.05, 0) is 106 Å². The predicted octanol–water partition coefficient (Wildman–Crippen LogP) is 12.0. The minimum atomic E-state index is -0.411. The van der Waals surface area contributed by atoms with Gasteiger partial charge in [-0.1, -0.05) is 98.7 Å². The van der Waals surface area contributed by atoms with Gasteiger partial charge in [0.15, 0.2) is 0 Å². The maximum absolute atomic E-state index is 13.4. The summed E-state index contributed by atoms with van der Waals surface area (Å²) in [6.07, 6.45) is 0. The molecule has 7 aromatic rings. The van der Waals surface area contributed by atoms with Gasteiger partial charge in [0.25, 0.3) is 0 Å². The number of hydrogen-bond acceptors (Lipinski definition) is 3. The first-order chi connectivity index (χ1) is 23.9. The highest BCUT2D eigenvalue weighted by Crippen LogP contribution is 2.40. The molecule has 0 spiro atoms. The van der Waals surface area contributed by atoms with Gasteiger partial charge < -0.3 is 4.74 Å². The van der Waals surface area contributed by atoms with Gasteiger partial charge in [-0.3, -0.25) is 9.13 Å². The first kappa shape index (κ1) is 34.3. The summed E-state index contributed by atoms with van der Waals surface area (Å²) in [6, 6.07) is 30.4. The molecule has 0 bridgehead atoms. The van der Waals surface area contributed by atoms with E-state index in [0.29, 0.717) is 17.2 Å². The lowest BCUT2D eigenvalue weighted by atomic mass is 9.85. The van der Waals surface area contributed by atoms with Gasteiger partial charge in [0.1, 0.15) is 11.6 Å². The topological polar surface area (TPSA) is 49.0 Å². The Morgan fingerprint density at radius 1 is 0.549 bits per heavy atom. The largest absolute Gasteiger partial charge is 0.465 e. The SMILES string of the molecule is C=C(C)c1ccc2c(c1)c1cc(C(C)(C)C)ccc1n2-c1cc(C(=O)OC)cc(-n2c3ccc(C(C)(C)C)cc3c3cc(C(C)(C)C)ccc32)n1. The lowest BCUT2D eigenvalue weighted by Gasteiger charge is -2.19. The molecule has 0 atom stereocenters. The average molecular weight is 676 g/mol. The van der Waals surface area contributed by atoms with Crippen molar-refractivity contribution in [2.24, 2.45) is 0 Å². The maximum atomic E-state index is 13.4. The fraction of sp³-hybridized carbons (Fsp3) is 0.304. The van der Waals surface area contributed by atoms with Crippen molar-refractivity contribution >= 4 is 55.2 Å². The molecule has 0 unspecified atom stereocenters. The van der Waals surface area contributed by atoms with Crippen LogP contribution in [-0.4, -0.2) is 27.2 Å². The maximum Gasteiger partial charge on any atom is 0.338 e. The van der Waals surface area contributed by atoms with E-state index in [-0.39, 0.29) is 16.2 Å². The Kier molecular flexibility index (Phi) is 7.87. The highest BCUT2D eigenvalue weighted by Gasteiger charge is 2.24. The van der Waals surface area contributed by atoms with Gasteiger partial charge in [-0.25, -0.2) is 9.78 Å². The molecule has 0 aliphatic carbocycles. The molecule has 0 N–H and O–H groups in total. The third kappa shape index (κ3) is 5.83. The second-order valence-corrected chi connectivity index (χ2v) is 17.2. The second kappa shape index (κ2) is 11.7. The summed E-state index contributed by atoms with van der Waals surface area (Å²) in [5.41, 5.74) is 10.3. The first-order valence-corrected chi connectivity index (χ1v) is 17.8. The van der Waals surface area contributed by atoms with E-state index in [2.05, 4.69) is 151 Å². The summed E-state index contributed by atoms with van der Waals surface area (Å²) in [5.74, 6) is 0.887. The van der Waals surface area contributed by atoms with Crippen molar-refractivity contribution in [1.29, 1.82) is 0 Å². The van der Waals surface area contributed by atoms with Crippen molar-refractivity contribution in [2.75, 3.05) is 7.11 Å². The van der Waals surface area contributed by atoms with Crippen LogP contribution in [-0.2, 0) is 21.0 Å². The standard InChI is InChI=1S/C46H49N3O2/c1-27(2)28-13-17-37-33(21-28)34-24-30(44(3,4)5)14-18-38(34)48(37)41-22-29(43(50)51-12)23-42(47-41)49-39-19-15-31(45(6,7)8)25-35(39)36-26-32(46(9,10)11)16-20-40(36)49/h13-26H,1H2,2-12H3. The number of carbonyl (C=O) groups excluding carboxylic acids is 1. The van der Waals surface area contributed by atoms with E-state index in [1.807, 2.05) is 19.1 Å². The van der Waals surface area contributed by atoms with Crippen molar-refractivity contribution in [1.82, 2.24) is 14.1 Å². The zero-order chi connectivity index (χ0) is 36.8. The molecule has 7 rings (SSSR count). The van der Waals surface area contributed by atoms with E-state index in [4.69, 9.17) is 9.72 Å². The van der Waals surface area contributed by atoms with Crippen molar-refractivity contribution in [3.05, 3.63) is 119 Å². The smallest absolute Gasteiger partial charge is 0.338 e. The summed E-state index contributed by atoms with van der Waals surface area (Å²) in [7, 11) is 1.43. The van der Waals surface area contributed by atoms with Crippen molar-refractivity contribution in [3.8, 4) is 11.6 Å². The lowest BCUT2D eigenvalue weighted by Crippen LogP contribution is -2.11. The van der Waals surface area contributed by atoms with Gasteiger partial charge in [0, 0.05) is 21.5 Å². The van der Waals surface area contributed by atoms with E-state index in [1.54, 1.807) is 0 Å². The average Bonchev–Trinajstić information content (AvgIpc) is 3.57. The number of benzene rings is 4. The number of esters is 1. The van der Waals surface area contributed by atoms with E-state index in [0.717, 1.165) is 54.7 Å². The Bertz CT molecular complexity index is 2490. The monoisotopic (exact) mass is 675 g/mol.